The van der Waals surface area contributed by atoms with Gasteiger partial charge >= 0.3 is 0 Å². The number of anilines is 1. The Hall–Kier alpha value is -2.65. The lowest BCUT2D eigenvalue weighted by Gasteiger charge is -2.18. The summed E-state index contributed by atoms with van der Waals surface area (Å²) in [7, 11) is 0. The van der Waals surface area contributed by atoms with Crippen LogP contribution >= 0.6 is 11.3 Å². The maximum absolute atomic E-state index is 13.4. The Balaban J connectivity index is 1.63. The van der Waals surface area contributed by atoms with E-state index in [-0.39, 0.29) is 24.5 Å². The van der Waals surface area contributed by atoms with Crippen LogP contribution in [0, 0.1) is 11.7 Å². The summed E-state index contributed by atoms with van der Waals surface area (Å²) in [4.78, 5) is 27.6. The van der Waals surface area contributed by atoms with Crippen LogP contribution in [0.5, 0.6) is 0 Å². The van der Waals surface area contributed by atoms with Crippen molar-refractivity contribution in [2.24, 2.45) is 5.92 Å². The van der Waals surface area contributed by atoms with E-state index < -0.39 is 5.82 Å². The van der Waals surface area contributed by atoms with E-state index >= 15 is 0 Å². The molecule has 1 saturated heterocycles. The highest BCUT2D eigenvalue weighted by Gasteiger charge is 2.29. The third kappa shape index (κ3) is 3.67. The SMILES string of the molecule is CC(Nc1nc(C(=O)N2CCC(CO)C2)c2sccc2n1)c1cncc(F)c1. The zero-order valence-electron chi connectivity index (χ0n) is 15.3. The van der Waals surface area contributed by atoms with Crippen molar-refractivity contribution in [1.82, 2.24) is 19.9 Å². The van der Waals surface area contributed by atoms with Crippen LogP contribution in [0.3, 0.4) is 0 Å². The molecule has 146 valence electrons. The molecular formula is C19H20FN5O2S. The molecule has 9 heteroatoms. The number of aliphatic hydroxyl groups is 1. The van der Waals surface area contributed by atoms with Crippen molar-refractivity contribution in [3.63, 3.8) is 0 Å². The number of thiophene rings is 1. The van der Waals surface area contributed by atoms with Gasteiger partial charge in [0, 0.05) is 31.8 Å². The number of hydrogen-bond donors (Lipinski definition) is 2. The summed E-state index contributed by atoms with van der Waals surface area (Å²) >= 11 is 1.42. The first kappa shape index (κ1) is 18.7. The molecule has 4 heterocycles. The lowest BCUT2D eigenvalue weighted by molar-refractivity contribution is 0.0778. The van der Waals surface area contributed by atoms with Gasteiger partial charge < -0.3 is 15.3 Å². The largest absolute Gasteiger partial charge is 0.396 e. The molecule has 7 nitrogen and oxygen atoms in total. The number of amides is 1. The number of halogens is 1. The van der Waals surface area contributed by atoms with Crippen LogP contribution in [0.2, 0.25) is 0 Å². The number of aromatic nitrogens is 3. The summed E-state index contributed by atoms with van der Waals surface area (Å²) in [6.45, 7) is 3.06. The highest BCUT2D eigenvalue weighted by molar-refractivity contribution is 7.17. The van der Waals surface area contributed by atoms with Gasteiger partial charge in [-0.25, -0.2) is 14.4 Å². The topological polar surface area (TPSA) is 91.2 Å². The predicted octanol–water partition coefficient (Wildman–Crippen LogP) is 2.85. The fourth-order valence-corrected chi connectivity index (χ4v) is 4.14. The van der Waals surface area contributed by atoms with Crippen molar-refractivity contribution in [3.8, 4) is 0 Å². The van der Waals surface area contributed by atoms with E-state index in [1.807, 2.05) is 18.4 Å². The van der Waals surface area contributed by atoms with Crippen LogP contribution in [0.15, 0.2) is 29.9 Å². The summed E-state index contributed by atoms with van der Waals surface area (Å²) in [5, 5.41) is 14.4. The number of rotatable bonds is 5. The molecule has 2 atom stereocenters. The average molecular weight is 401 g/mol. The van der Waals surface area contributed by atoms with Gasteiger partial charge in [-0.15, -0.1) is 11.3 Å². The van der Waals surface area contributed by atoms with Gasteiger partial charge in [-0.2, -0.15) is 0 Å². The molecule has 0 saturated carbocycles. The van der Waals surface area contributed by atoms with Gasteiger partial charge in [0.15, 0.2) is 5.69 Å². The molecule has 0 aliphatic carbocycles. The number of nitrogens with one attached hydrogen (secondary N) is 1. The Kier molecular flexibility index (Phi) is 5.19. The third-order valence-electron chi connectivity index (χ3n) is 4.91. The van der Waals surface area contributed by atoms with E-state index in [0.717, 1.165) is 17.3 Å². The number of likely N-dealkylation sites (tertiary alicyclic amines) is 1. The number of carbonyl (C=O) groups is 1. The highest BCUT2D eigenvalue weighted by Crippen LogP contribution is 2.28. The number of aliphatic hydroxyl groups excluding tert-OH is 1. The number of hydrogen-bond acceptors (Lipinski definition) is 7. The van der Waals surface area contributed by atoms with Gasteiger partial charge in [0.25, 0.3) is 5.91 Å². The van der Waals surface area contributed by atoms with Crippen molar-refractivity contribution in [2.75, 3.05) is 25.0 Å². The summed E-state index contributed by atoms with van der Waals surface area (Å²) in [6, 6.07) is 2.96. The minimum Gasteiger partial charge on any atom is -0.396 e. The minimum atomic E-state index is -0.413. The molecule has 3 aromatic heterocycles. The van der Waals surface area contributed by atoms with Gasteiger partial charge in [-0.1, -0.05) is 0 Å². The molecule has 1 aliphatic rings. The second-order valence-corrected chi connectivity index (χ2v) is 7.84. The van der Waals surface area contributed by atoms with E-state index in [0.29, 0.717) is 35.8 Å². The first-order valence-corrected chi connectivity index (χ1v) is 9.95. The van der Waals surface area contributed by atoms with Crippen LogP contribution < -0.4 is 5.32 Å². The van der Waals surface area contributed by atoms with E-state index in [2.05, 4.69) is 20.3 Å². The Morgan fingerprint density at radius 1 is 1.46 bits per heavy atom. The van der Waals surface area contributed by atoms with Gasteiger partial charge in [0.2, 0.25) is 5.95 Å². The molecule has 3 aromatic rings. The maximum atomic E-state index is 13.4. The number of pyridine rings is 1. The number of nitrogens with zero attached hydrogens (tertiary/aromatic N) is 4. The Morgan fingerprint density at radius 3 is 3.07 bits per heavy atom. The first-order chi connectivity index (χ1) is 13.5. The molecule has 4 rings (SSSR count). The zero-order chi connectivity index (χ0) is 19.7. The fraction of sp³-hybridized carbons (Fsp3) is 0.368. The van der Waals surface area contributed by atoms with E-state index in [1.54, 1.807) is 11.1 Å². The molecule has 0 radical (unpaired) electrons. The van der Waals surface area contributed by atoms with E-state index in [4.69, 9.17) is 0 Å². The van der Waals surface area contributed by atoms with E-state index in [9.17, 15) is 14.3 Å². The maximum Gasteiger partial charge on any atom is 0.274 e. The molecule has 1 aliphatic heterocycles. The fourth-order valence-electron chi connectivity index (χ4n) is 3.33. The van der Waals surface area contributed by atoms with Crippen LogP contribution in [-0.4, -0.2) is 50.6 Å². The van der Waals surface area contributed by atoms with Gasteiger partial charge in [0.05, 0.1) is 22.5 Å². The third-order valence-corrected chi connectivity index (χ3v) is 5.82. The summed E-state index contributed by atoms with van der Waals surface area (Å²) in [6.07, 6.45) is 3.52. The molecule has 0 spiro atoms. The Labute approximate surface area is 165 Å². The summed E-state index contributed by atoms with van der Waals surface area (Å²) < 4.78 is 14.2. The molecule has 1 fully saturated rings. The highest BCUT2D eigenvalue weighted by atomic mass is 32.1. The summed E-state index contributed by atoms with van der Waals surface area (Å²) in [5.41, 5.74) is 1.70. The Bertz CT molecular complexity index is 1010. The molecule has 2 N–H and O–H groups in total. The standard InChI is InChI=1S/C19H20FN5O2S/c1-11(13-6-14(20)8-21-7-13)22-19-23-15-3-5-28-17(15)16(24-19)18(27)25-4-2-12(9-25)10-26/h3,5-8,11-12,26H,2,4,9-10H2,1H3,(H,22,23,24). The molecular weight excluding hydrogens is 381 g/mol. The van der Waals surface area contributed by atoms with Gasteiger partial charge in [-0.3, -0.25) is 9.78 Å². The molecule has 2 unspecified atom stereocenters. The number of fused-ring (bicyclic) bond motifs is 1. The lowest BCUT2D eigenvalue weighted by Crippen LogP contribution is -2.30. The Morgan fingerprint density at radius 2 is 2.32 bits per heavy atom. The normalized spacial score (nSPS) is 17.8. The molecule has 1 amide bonds. The monoisotopic (exact) mass is 401 g/mol. The minimum absolute atomic E-state index is 0.0773. The van der Waals surface area contributed by atoms with E-state index in [1.165, 1.54) is 17.4 Å². The van der Waals surface area contributed by atoms with Crippen LogP contribution in [0.1, 0.15) is 35.4 Å². The predicted molar refractivity (Wildman–Crippen MR) is 105 cm³/mol. The van der Waals surface area contributed by atoms with Crippen molar-refractivity contribution in [2.45, 2.75) is 19.4 Å². The zero-order valence-corrected chi connectivity index (χ0v) is 16.1. The second kappa shape index (κ2) is 7.76. The van der Waals surface area contributed by atoms with Crippen molar-refractivity contribution >= 4 is 33.4 Å². The lowest BCUT2D eigenvalue weighted by atomic mass is 10.1. The number of carbonyl (C=O) groups excluding carboxylic acids is 1. The summed E-state index contributed by atoms with van der Waals surface area (Å²) in [5.74, 6) is -0.149. The van der Waals surface area contributed by atoms with Gasteiger partial charge in [0.1, 0.15) is 5.82 Å². The quantitative estimate of drug-likeness (QED) is 0.683. The smallest absolute Gasteiger partial charge is 0.274 e. The van der Waals surface area contributed by atoms with Crippen molar-refractivity contribution in [1.29, 1.82) is 0 Å². The molecule has 0 bridgehead atoms. The van der Waals surface area contributed by atoms with Crippen LogP contribution in [0.4, 0.5) is 10.3 Å². The first-order valence-electron chi connectivity index (χ1n) is 9.07. The van der Waals surface area contributed by atoms with Crippen LogP contribution in [0.25, 0.3) is 10.2 Å². The van der Waals surface area contributed by atoms with Crippen LogP contribution in [-0.2, 0) is 0 Å². The second-order valence-electron chi connectivity index (χ2n) is 6.92. The van der Waals surface area contributed by atoms with Gasteiger partial charge in [-0.05, 0) is 36.4 Å². The average Bonchev–Trinajstić information content (AvgIpc) is 3.36. The van der Waals surface area contributed by atoms with Crippen molar-refractivity contribution < 1.29 is 14.3 Å². The van der Waals surface area contributed by atoms with Crippen molar-refractivity contribution in [3.05, 3.63) is 47.0 Å². The molecule has 0 aromatic carbocycles. The molecule has 28 heavy (non-hydrogen) atoms.